The molecule has 4 aromatic carbocycles. The number of phenols is 2. The summed E-state index contributed by atoms with van der Waals surface area (Å²) >= 11 is 12.9. The van der Waals surface area contributed by atoms with Gasteiger partial charge in [-0.1, -0.05) is 34.3 Å². The van der Waals surface area contributed by atoms with Crippen LogP contribution in [0.3, 0.4) is 0 Å². The minimum Gasteiger partial charge on any atom is -0.506 e. The monoisotopic (exact) mass is 699 g/mol. The number of aromatic nitrogens is 3. The van der Waals surface area contributed by atoms with Gasteiger partial charge in [0.05, 0.1) is 33.9 Å². The van der Waals surface area contributed by atoms with Crippen LogP contribution in [0.1, 0.15) is 0 Å². The summed E-state index contributed by atoms with van der Waals surface area (Å²) in [4.78, 5) is 12.2. The maximum absolute atomic E-state index is 11.2. The third kappa shape index (κ3) is 7.12. The van der Waals surface area contributed by atoms with E-state index in [9.17, 15) is 10.2 Å². The average molecular weight is 701 g/mol. The molecular weight excluding hydrogens is 687 g/mol. The van der Waals surface area contributed by atoms with E-state index in [1.807, 2.05) is 0 Å². The van der Waals surface area contributed by atoms with Crippen LogP contribution in [0.2, 0.25) is 10.6 Å². The van der Waals surface area contributed by atoms with Crippen molar-refractivity contribution < 1.29 is 56.5 Å². The third-order valence-corrected chi connectivity index (χ3v) is 7.01. The van der Waals surface area contributed by atoms with Crippen LogP contribution in [0, 0.1) is 0 Å². The van der Waals surface area contributed by atoms with Gasteiger partial charge in [-0.2, -0.15) is 15.0 Å². The summed E-state index contributed by atoms with van der Waals surface area (Å²) in [6.45, 7) is 0. The Labute approximate surface area is 264 Å². The second kappa shape index (κ2) is 14.4. The summed E-state index contributed by atoms with van der Waals surface area (Å²) in [6, 6.07) is 14.8. The molecule has 0 amide bonds. The minimum atomic E-state index is -0.280. The van der Waals surface area contributed by atoms with Crippen LogP contribution in [0.25, 0.3) is 21.5 Å². The second-order valence-electron chi connectivity index (χ2n) is 7.77. The van der Waals surface area contributed by atoms with Crippen LogP contribution in [0.4, 0.5) is 23.0 Å². The van der Waals surface area contributed by atoms with Crippen LogP contribution >= 0.6 is 47.3 Å². The first kappa shape index (κ1) is 31.9. The molecule has 5 N–H and O–H groups in total. The topological polar surface area (TPSA) is 193 Å². The summed E-state index contributed by atoms with van der Waals surface area (Å²) in [5.74, 6) is -0.449. The van der Waals surface area contributed by atoms with Gasteiger partial charge in [0.1, 0.15) is 17.1 Å². The van der Waals surface area contributed by atoms with Crippen LogP contribution in [0.15, 0.2) is 74.6 Å². The van der Waals surface area contributed by atoms with Gasteiger partial charge in [0.25, 0.3) is 0 Å². The van der Waals surface area contributed by atoms with Crippen molar-refractivity contribution in [3.63, 3.8) is 0 Å². The molecule has 0 aliphatic heterocycles. The van der Waals surface area contributed by atoms with E-state index in [0.29, 0.717) is 56.2 Å². The number of halogens is 2. The number of aromatic hydroxyl groups is 2. The third-order valence-electron chi connectivity index (χ3n) is 5.40. The van der Waals surface area contributed by atoms with Crippen LogP contribution in [0.5, 0.6) is 11.5 Å². The van der Waals surface area contributed by atoms with Crippen LogP contribution < -0.4 is 5.32 Å². The Bertz CT molecular complexity index is 1770. The van der Waals surface area contributed by atoms with E-state index in [1.54, 1.807) is 48.5 Å². The van der Waals surface area contributed by atoms with Gasteiger partial charge in [0, 0.05) is 38.9 Å². The summed E-state index contributed by atoms with van der Waals surface area (Å²) in [5, 5.41) is 59.6. The zero-order valence-corrected chi connectivity index (χ0v) is 24.3. The quantitative estimate of drug-likeness (QED) is 0.0310. The molecule has 1 heterocycles. The summed E-state index contributed by atoms with van der Waals surface area (Å²) in [7, 11) is 0. The number of nitrogens with one attached hydrogen (secondary N) is 1. The number of fused-ring (bicyclic) bond motifs is 2. The number of hydrogen-bond acceptors (Lipinski definition) is 16. The van der Waals surface area contributed by atoms with Crippen LogP contribution in [-0.2, 0) is 35.8 Å². The number of hydrogen-bond donors (Lipinski definition) is 5. The molecular formula is C23H14Cl2CuN6O8S2. The Morgan fingerprint density at radius 2 is 1.38 bits per heavy atom. The number of azo groups is 1. The van der Waals surface area contributed by atoms with Gasteiger partial charge >= 0.3 is 0 Å². The van der Waals surface area contributed by atoms with Crippen molar-refractivity contribution in [2.75, 3.05) is 5.32 Å². The first-order valence-electron chi connectivity index (χ1n) is 11.0. The van der Waals surface area contributed by atoms with E-state index < -0.39 is 0 Å². The number of phenolic OH excluding ortho intramolecular Hbond substituents is 2. The fraction of sp³-hybridized carbons (Fsp3) is 0. The summed E-state index contributed by atoms with van der Waals surface area (Å²) in [5.41, 5.74) is 0.555. The van der Waals surface area contributed by atoms with E-state index in [-0.39, 0.29) is 61.4 Å². The number of benzene rings is 4. The molecule has 1 aromatic heterocycles. The molecule has 19 heteroatoms. The van der Waals surface area contributed by atoms with Gasteiger partial charge in [0.15, 0.2) is 5.75 Å². The van der Waals surface area contributed by atoms with E-state index in [2.05, 4.69) is 49.2 Å². The predicted octanol–water partition coefficient (Wildman–Crippen LogP) is 7.91. The normalized spacial score (nSPS) is 11.3. The second-order valence-corrected chi connectivity index (χ2v) is 9.93. The first-order valence-corrected chi connectivity index (χ1v) is 13.2. The Morgan fingerprint density at radius 1 is 0.738 bits per heavy atom. The molecule has 0 aliphatic carbocycles. The van der Waals surface area contributed by atoms with E-state index in [1.165, 1.54) is 6.07 Å². The van der Waals surface area contributed by atoms with Gasteiger partial charge in [-0.25, -0.2) is 10.5 Å². The van der Waals surface area contributed by atoms with Crippen molar-refractivity contribution in [1.29, 1.82) is 0 Å². The maximum atomic E-state index is 11.2. The molecule has 14 nitrogen and oxygen atoms in total. The summed E-state index contributed by atoms with van der Waals surface area (Å²) in [6.07, 6.45) is 0. The van der Waals surface area contributed by atoms with Crippen molar-refractivity contribution in [2.45, 2.75) is 9.79 Å². The van der Waals surface area contributed by atoms with Crippen molar-refractivity contribution in [2.24, 2.45) is 10.2 Å². The molecule has 0 unspecified atom stereocenters. The number of rotatable bonds is 10. The Morgan fingerprint density at radius 3 is 2.07 bits per heavy atom. The molecule has 0 saturated heterocycles. The molecule has 0 atom stereocenters. The minimum absolute atomic E-state index is 0. The maximum Gasteiger partial charge on any atom is 0.232 e. The molecule has 5 rings (SSSR count). The van der Waals surface area contributed by atoms with Gasteiger partial charge in [-0.3, -0.25) is 0 Å². The largest absolute Gasteiger partial charge is 0.506 e. The van der Waals surface area contributed by atoms with E-state index >= 15 is 0 Å². The Balaban J connectivity index is 0.00000405. The molecule has 0 bridgehead atoms. The molecule has 42 heavy (non-hydrogen) atoms. The Kier molecular flexibility index (Phi) is 11.0. The molecule has 5 aromatic rings. The zero-order chi connectivity index (χ0) is 28.9. The fourth-order valence-corrected chi connectivity index (χ4v) is 5.18. The van der Waals surface area contributed by atoms with Gasteiger partial charge in [0.2, 0.25) is 16.5 Å². The molecule has 0 saturated carbocycles. The number of nitrogens with zero attached hydrogens (tertiary/aromatic N) is 5. The molecule has 221 valence electrons. The fourth-order valence-electron chi connectivity index (χ4n) is 3.79. The van der Waals surface area contributed by atoms with Gasteiger partial charge < -0.3 is 15.5 Å². The molecule has 0 aliphatic rings. The van der Waals surface area contributed by atoms with Crippen molar-refractivity contribution in [3.8, 4) is 11.5 Å². The van der Waals surface area contributed by atoms with Crippen molar-refractivity contribution >= 4 is 91.8 Å². The van der Waals surface area contributed by atoms with Crippen molar-refractivity contribution in [1.82, 2.24) is 15.0 Å². The van der Waals surface area contributed by atoms with Gasteiger partial charge in [-0.05, 0) is 58.9 Å². The predicted molar refractivity (Wildman–Crippen MR) is 150 cm³/mol. The average Bonchev–Trinajstić information content (AvgIpc) is 2.94. The summed E-state index contributed by atoms with van der Waals surface area (Å²) < 4.78 is 9.12. The standard InChI is InChI=1S/C23H14Cl2N6O8S2.Cu/c24-21-27-22(25)29-23(28-21)26-11-5-6-12-10(7-11)8-17(41-39-37-35)19(20(12)33)31-30-18-14-4-2-1-3-13(14)16(9-15(18)32)40-38-36-34;/h1-9,32-35H,(H,26,27,28,29);. The first-order chi connectivity index (χ1) is 19.9. The zero-order valence-electron chi connectivity index (χ0n) is 20.2. The molecule has 1 radical (unpaired) electrons. The van der Waals surface area contributed by atoms with Crippen LogP contribution in [-0.4, -0.2) is 35.7 Å². The van der Waals surface area contributed by atoms with Gasteiger partial charge in [-0.15, -0.1) is 18.9 Å². The van der Waals surface area contributed by atoms with Crippen molar-refractivity contribution in [3.05, 3.63) is 65.2 Å². The number of anilines is 2. The SMILES string of the molecule is OOOSc1cc2cc(Nc3nc(Cl)nc(Cl)n3)ccc2c(O)c1N=Nc1c(O)cc(SOOO)c2ccccc12.[Cu]. The molecule has 0 spiro atoms. The Hall–Kier alpha value is -3.03. The smallest absolute Gasteiger partial charge is 0.232 e. The molecule has 0 fully saturated rings. The van der Waals surface area contributed by atoms with E-state index in [4.69, 9.17) is 33.7 Å². The van der Waals surface area contributed by atoms with E-state index in [0.717, 1.165) is 0 Å².